The molecule has 1 rings (SSSR count). The second-order valence-corrected chi connectivity index (χ2v) is 6.25. The van der Waals surface area contributed by atoms with E-state index in [1.54, 1.807) is 13.1 Å². The lowest BCUT2D eigenvalue weighted by molar-refractivity contribution is 0.0790. The highest BCUT2D eigenvalue weighted by Crippen LogP contribution is 2.24. The normalized spacial score (nSPS) is 11.2. The molecule has 20 heavy (non-hydrogen) atoms. The van der Waals surface area contributed by atoms with Crippen molar-refractivity contribution in [2.75, 3.05) is 13.6 Å². The van der Waals surface area contributed by atoms with Gasteiger partial charge in [0.1, 0.15) is 0 Å². The van der Waals surface area contributed by atoms with Crippen molar-refractivity contribution in [1.29, 1.82) is 0 Å². The Labute approximate surface area is 124 Å². The third-order valence-electron chi connectivity index (χ3n) is 2.74. The molecule has 0 heterocycles. The number of amides is 1. The molecule has 0 fully saturated rings. The maximum atomic E-state index is 12.3. The number of halogens is 1. The molecule has 5 nitrogen and oxygen atoms in total. The number of hydrogen-bond acceptors (Lipinski definition) is 3. The van der Waals surface area contributed by atoms with Crippen molar-refractivity contribution in [2.45, 2.75) is 17.7 Å². The van der Waals surface area contributed by atoms with E-state index in [-0.39, 0.29) is 15.5 Å². The summed E-state index contributed by atoms with van der Waals surface area (Å²) in [7, 11) is -2.42. The summed E-state index contributed by atoms with van der Waals surface area (Å²) in [6.07, 6.45) is 3.26. The van der Waals surface area contributed by atoms with Gasteiger partial charge in [0.2, 0.25) is 10.0 Å². The highest BCUT2D eigenvalue weighted by molar-refractivity contribution is 7.89. The Morgan fingerprint density at radius 2 is 2.15 bits per heavy atom. The first-order valence-corrected chi connectivity index (χ1v) is 7.89. The molecule has 0 aliphatic carbocycles. The van der Waals surface area contributed by atoms with Crippen LogP contribution in [0, 0.1) is 0 Å². The van der Waals surface area contributed by atoms with Gasteiger partial charge in [-0.2, -0.15) is 0 Å². The Hall–Kier alpha value is -1.37. The molecule has 0 aliphatic rings. The minimum Gasteiger partial charge on any atom is -0.342 e. The maximum Gasteiger partial charge on any atom is 0.256 e. The number of nitrogens with zero attached hydrogens (tertiary/aromatic N) is 1. The molecule has 1 aromatic rings. The smallest absolute Gasteiger partial charge is 0.256 e. The van der Waals surface area contributed by atoms with Crippen LogP contribution in [0.2, 0.25) is 5.02 Å². The Kier molecular flexibility index (Phi) is 5.74. The van der Waals surface area contributed by atoms with Crippen LogP contribution in [0.1, 0.15) is 23.2 Å². The van der Waals surface area contributed by atoms with Crippen LogP contribution in [0.25, 0.3) is 0 Å². The van der Waals surface area contributed by atoms with Crippen molar-refractivity contribution in [3.63, 3.8) is 0 Å². The molecule has 0 aliphatic heterocycles. The number of allylic oxidation sites excluding steroid dienone is 1. The highest BCUT2D eigenvalue weighted by Gasteiger charge is 2.24. The molecule has 0 saturated heterocycles. The monoisotopic (exact) mass is 316 g/mol. The third-order valence-corrected chi connectivity index (χ3v) is 4.01. The Morgan fingerprint density at radius 3 is 2.70 bits per heavy atom. The molecule has 0 atom stereocenters. The van der Waals surface area contributed by atoms with Crippen molar-refractivity contribution >= 4 is 27.5 Å². The van der Waals surface area contributed by atoms with Gasteiger partial charge in [0.15, 0.2) is 0 Å². The van der Waals surface area contributed by atoms with E-state index in [9.17, 15) is 13.2 Å². The van der Waals surface area contributed by atoms with Crippen LogP contribution in [-0.4, -0.2) is 32.8 Å². The van der Waals surface area contributed by atoms with E-state index in [0.29, 0.717) is 6.54 Å². The van der Waals surface area contributed by atoms with Crippen LogP contribution in [0.3, 0.4) is 0 Å². The predicted molar refractivity (Wildman–Crippen MR) is 79.2 cm³/mol. The summed E-state index contributed by atoms with van der Waals surface area (Å²) in [5.41, 5.74) is -0.0854. The SMILES string of the molecule is C=CCCCN(C)C(=O)c1c(Cl)cccc1S(N)(=O)=O. The van der Waals surface area contributed by atoms with E-state index >= 15 is 0 Å². The maximum absolute atomic E-state index is 12.3. The zero-order valence-electron chi connectivity index (χ0n) is 11.2. The predicted octanol–water partition coefficient (Wildman–Crippen LogP) is 2.03. The molecule has 0 spiro atoms. The summed E-state index contributed by atoms with van der Waals surface area (Å²) < 4.78 is 23.1. The summed E-state index contributed by atoms with van der Waals surface area (Å²) in [6.45, 7) is 4.07. The third kappa shape index (κ3) is 4.06. The van der Waals surface area contributed by atoms with Crippen LogP contribution < -0.4 is 5.14 Å². The van der Waals surface area contributed by atoms with E-state index in [4.69, 9.17) is 16.7 Å². The number of carbonyl (C=O) groups is 1. The topological polar surface area (TPSA) is 80.5 Å². The molecule has 0 aromatic heterocycles. The van der Waals surface area contributed by atoms with E-state index in [0.717, 1.165) is 12.8 Å². The fourth-order valence-electron chi connectivity index (χ4n) is 1.71. The lowest BCUT2D eigenvalue weighted by atomic mass is 10.2. The molecule has 0 bridgehead atoms. The Bertz CT molecular complexity index is 614. The number of sulfonamides is 1. The molecule has 2 N–H and O–H groups in total. The van der Waals surface area contributed by atoms with Crippen molar-refractivity contribution in [2.24, 2.45) is 5.14 Å². The number of carbonyl (C=O) groups excluding carboxylic acids is 1. The Balaban J connectivity index is 3.12. The Morgan fingerprint density at radius 1 is 1.50 bits per heavy atom. The summed E-state index contributed by atoms with van der Waals surface area (Å²) in [5.74, 6) is -0.469. The molecule has 110 valence electrons. The number of unbranched alkanes of at least 4 members (excludes halogenated alkanes) is 1. The number of nitrogens with two attached hydrogens (primary N) is 1. The molecule has 0 saturated carbocycles. The van der Waals surface area contributed by atoms with Gasteiger partial charge in [-0.1, -0.05) is 23.7 Å². The van der Waals surface area contributed by atoms with E-state index in [2.05, 4.69) is 6.58 Å². The van der Waals surface area contributed by atoms with Gasteiger partial charge in [0, 0.05) is 13.6 Å². The molecule has 0 radical (unpaired) electrons. The van der Waals surface area contributed by atoms with Gasteiger partial charge in [0.25, 0.3) is 5.91 Å². The fraction of sp³-hybridized carbons (Fsp3) is 0.308. The fourth-order valence-corrected chi connectivity index (χ4v) is 2.78. The molecular formula is C13H17ClN2O3S. The second-order valence-electron chi connectivity index (χ2n) is 4.32. The summed E-state index contributed by atoms with van der Waals surface area (Å²) in [4.78, 5) is 13.5. The minimum atomic E-state index is -4.01. The van der Waals surface area contributed by atoms with Crippen LogP contribution in [-0.2, 0) is 10.0 Å². The number of benzene rings is 1. The molecule has 1 amide bonds. The van der Waals surface area contributed by atoms with Gasteiger partial charge in [0.05, 0.1) is 15.5 Å². The van der Waals surface area contributed by atoms with Gasteiger partial charge in [-0.05, 0) is 25.0 Å². The summed E-state index contributed by atoms with van der Waals surface area (Å²) in [5, 5.41) is 5.18. The average molecular weight is 317 g/mol. The van der Waals surface area contributed by atoms with E-state index < -0.39 is 15.9 Å². The lowest BCUT2D eigenvalue weighted by Crippen LogP contribution is -2.30. The lowest BCUT2D eigenvalue weighted by Gasteiger charge is -2.19. The largest absolute Gasteiger partial charge is 0.342 e. The van der Waals surface area contributed by atoms with Crippen LogP contribution in [0.4, 0.5) is 0 Å². The van der Waals surface area contributed by atoms with Gasteiger partial charge >= 0.3 is 0 Å². The van der Waals surface area contributed by atoms with Crippen molar-refractivity contribution < 1.29 is 13.2 Å². The minimum absolute atomic E-state index is 0.0668. The van der Waals surface area contributed by atoms with Gasteiger partial charge in [-0.15, -0.1) is 6.58 Å². The first-order valence-electron chi connectivity index (χ1n) is 5.96. The van der Waals surface area contributed by atoms with Crippen LogP contribution in [0.15, 0.2) is 35.7 Å². The first-order chi connectivity index (χ1) is 9.29. The highest BCUT2D eigenvalue weighted by atomic mass is 35.5. The van der Waals surface area contributed by atoms with Gasteiger partial charge in [-0.3, -0.25) is 4.79 Å². The average Bonchev–Trinajstić information content (AvgIpc) is 2.36. The molecule has 0 unspecified atom stereocenters. The van der Waals surface area contributed by atoms with Crippen molar-refractivity contribution in [3.8, 4) is 0 Å². The van der Waals surface area contributed by atoms with E-state index in [1.807, 2.05) is 0 Å². The van der Waals surface area contributed by atoms with Gasteiger partial charge < -0.3 is 4.90 Å². The molecule has 7 heteroatoms. The number of primary sulfonamides is 1. The van der Waals surface area contributed by atoms with Crippen molar-refractivity contribution in [1.82, 2.24) is 4.90 Å². The standard InChI is InChI=1S/C13H17ClN2O3S/c1-3-4-5-9-16(2)13(17)12-10(14)7-6-8-11(12)20(15,18)19/h3,6-8H,1,4-5,9H2,2H3,(H2,15,18,19). The molecule has 1 aromatic carbocycles. The van der Waals surface area contributed by atoms with Gasteiger partial charge in [-0.25, -0.2) is 13.6 Å². The first kappa shape index (κ1) is 16.7. The second kappa shape index (κ2) is 6.88. The van der Waals surface area contributed by atoms with Crippen LogP contribution in [0.5, 0.6) is 0 Å². The number of rotatable bonds is 6. The molecular weight excluding hydrogens is 300 g/mol. The quantitative estimate of drug-likeness (QED) is 0.644. The van der Waals surface area contributed by atoms with Crippen molar-refractivity contribution in [3.05, 3.63) is 41.4 Å². The summed E-state index contributed by atoms with van der Waals surface area (Å²) in [6, 6.07) is 4.17. The van der Waals surface area contributed by atoms with Crippen LogP contribution >= 0.6 is 11.6 Å². The zero-order chi connectivity index (χ0) is 15.3. The number of hydrogen-bond donors (Lipinski definition) is 1. The zero-order valence-corrected chi connectivity index (χ0v) is 12.7. The summed E-state index contributed by atoms with van der Waals surface area (Å²) >= 11 is 5.95. The van der Waals surface area contributed by atoms with E-state index in [1.165, 1.54) is 23.1 Å².